The highest BCUT2D eigenvalue weighted by atomic mass is 79.9. The van der Waals surface area contributed by atoms with Crippen molar-refractivity contribution in [1.29, 1.82) is 10.5 Å². The number of aryl methyl sites for hydroxylation is 1. The fourth-order valence-electron chi connectivity index (χ4n) is 2.91. The van der Waals surface area contributed by atoms with Gasteiger partial charge in [0.05, 0.1) is 28.9 Å². The first-order valence-corrected chi connectivity index (χ1v) is 10.1. The molecule has 146 valence electrons. The zero-order valence-electron chi connectivity index (χ0n) is 17.3. The number of nitrogens with zero attached hydrogens (tertiary/aromatic N) is 2. The minimum atomic E-state index is -0.320. The van der Waals surface area contributed by atoms with Gasteiger partial charge in [-0.05, 0) is 64.3 Å². The van der Waals surface area contributed by atoms with Crippen LogP contribution >= 0.6 is 15.9 Å². The van der Waals surface area contributed by atoms with Crippen LogP contribution in [0.3, 0.4) is 0 Å². The summed E-state index contributed by atoms with van der Waals surface area (Å²) in [7, 11) is -0.279. The molecule has 0 saturated carbocycles. The van der Waals surface area contributed by atoms with Gasteiger partial charge in [0.2, 0.25) is 0 Å². The summed E-state index contributed by atoms with van der Waals surface area (Å²) in [6.45, 7) is 12.3. The van der Waals surface area contributed by atoms with E-state index in [1.54, 1.807) is 6.07 Å². The van der Waals surface area contributed by atoms with Crippen LogP contribution < -0.4 is 0 Å². The Morgan fingerprint density at radius 2 is 1.68 bits per heavy atom. The maximum absolute atomic E-state index is 8.99. The van der Waals surface area contributed by atoms with E-state index in [0.29, 0.717) is 17.1 Å². The first-order chi connectivity index (χ1) is 13.0. The number of allylic oxidation sites excluding steroid dienone is 4. The van der Waals surface area contributed by atoms with Crippen molar-refractivity contribution in [2.45, 2.75) is 58.6 Å². The van der Waals surface area contributed by atoms with Gasteiger partial charge < -0.3 is 9.31 Å². The second kappa shape index (κ2) is 8.66. The number of benzene rings is 1. The lowest BCUT2D eigenvalue weighted by Gasteiger charge is -2.32. The van der Waals surface area contributed by atoms with E-state index >= 15 is 0 Å². The molecule has 2 aliphatic rings. The van der Waals surface area contributed by atoms with Gasteiger partial charge in [0.1, 0.15) is 0 Å². The van der Waals surface area contributed by atoms with E-state index in [1.807, 2.05) is 65.0 Å². The normalized spacial score (nSPS) is 24.5. The van der Waals surface area contributed by atoms with Gasteiger partial charge in [0, 0.05) is 15.9 Å². The van der Waals surface area contributed by atoms with Crippen molar-refractivity contribution in [2.24, 2.45) is 5.92 Å². The smallest absolute Gasteiger partial charge is 0.403 e. The molecule has 1 heterocycles. The van der Waals surface area contributed by atoms with E-state index in [2.05, 4.69) is 35.0 Å². The van der Waals surface area contributed by atoms with E-state index in [-0.39, 0.29) is 24.1 Å². The molecule has 0 spiro atoms. The SMILES string of the molecule is CC1C=CC(C#N)=CC1B1OC(C)(C)C(C)(C)O1.Cc1ccc(C#N)cc1Br. The summed E-state index contributed by atoms with van der Waals surface area (Å²) in [5.74, 6) is 0.419. The standard InChI is InChI=1S/C14H20BNO2.C8H6BrN/c1-10-6-7-11(9-16)8-12(10)15-17-13(2,3)14(4,5)18-15;1-6-2-3-7(5-10)4-8(6)9/h6-8,10,12H,1-5H3;2-4H,1H3. The molecule has 0 amide bonds. The summed E-state index contributed by atoms with van der Waals surface area (Å²) in [5, 5.41) is 17.5. The van der Waals surface area contributed by atoms with Crippen molar-refractivity contribution in [3.05, 3.63) is 57.6 Å². The van der Waals surface area contributed by atoms with Crippen LogP contribution in [0.2, 0.25) is 5.82 Å². The predicted octanol–water partition coefficient (Wildman–Crippen LogP) is 5.73. The molecule has 1 saturated heterocycles. The molecule has 1 aromatic rings. The van der Waals surface area contributed by atoms with E-state index < -0.39 is 0 Å². The van der Waals surface area contributed by atoms with Gasteiger partial charge in [-0.2, -0.15) is 10.5 Å². The van der Waals surface area contributed by atoms with Crippen molar-refractivity contribution >= 4 is 23.0 Å². The Morgan fingerprint density at radius 3 is 2.18 bits per heavy atom. The highest BCUT2D eigenvalue weighted by molar-refractivity contribution is 9.10. The molecular weight excluding hydrogens is 415 g/mol. The van der Waals surface area contributed by atoms with E-state index in [0.717, 1.165) is 10.0 Å². The Hall–Kier alpha value is -1.86. The molecule has 6 heteroatoms. The van der Waals surface area contributed by atoms with Crippen LogP contribution in [0.15, 0.2) is 46.5 Å². The quantitative estimate of drug-likeness (QED) is 0.522. The molecule has 4 nitrogen and oxygen atoms in total. The third-order valence-electron chi connectivity index (χ3n) is 5.57. The maximum Gasteiger partial charge on any atom is 0.465 e. The number of nitriles is 2. The molecule has 2 atom stereocenters. The van der Waals surface area contributed by atoms with E-state index in [4.69, 9.17) is 19.8 Å². The van der Waals surface area contributed by atoms with Crippen LogP contribution in [0, 0.1) is 35.5 Å². The van der Waals surface area contributed by atoms with E-state index in [9.17, 15) is 0 Å². The Balaban J connectivity index is 0.000000237. The third kappa shape index (κ3) is 4.94. The first-order valence-electron chi connectivity index (χ1n) is 9.33. The second-order valence-electron chi connectivity index (χ2n) is 8.23. The van der Waals surface area contributed by atoms with Gasteiger partial charge in [-0.25, -0.2) is 0 Å². The number of hydrogen-bond acceptors (Lipinski definition) is 4. The van der Waals surface area contributed by atoms with Gasteiger partial charge >= 0.3 is 7.12 Å². The van der Waals surface area contributed by atoms with Crippen LogP contribution in [0.4, 0.5) is 0 Å². The Labute approximate surface area is 177 Å². The van der Waals surface area contributed by atoms with Crippen LogP contribution in [0.5, 0.6) is 0 Å². The monoisotopic (exact) mass is 440 g/mol. The fraction of sp³-hybridized carbons (Fsp3) is 0.455. The van der Waals surface area contributed by atoms with Crippen LogP contribution in [0.1, 0.15) is 45.7 Å². The highest BCUT2D eigenvalue weighted by Gasteiger charge is 2.54. The first kappa shape index (κ1) is 22.4. The highest BCUT2D eigenvalue weighted by Crippen LogP contribution is 2.43. The van der Waals surface area contributed by atoms with Gasteiger partial charge in [-0.15, -0.1) is 0 Å². The lowest BCUT2D eigenvalue weighted by molar-refractivity contribution is 0.00578. The van der Waals surface area contributed by atoms with Crippen LogP contribution in [-0.4, -0.2) is 18.3 Å². The summed E-state index contributed by atoms with van der Waals surface area (Å²) >= 11 is 3.34. The summed E-state index contributed by atoms with van der Waals surface area (Å²) in [6, 6.07) is 9.79. The average Bonchev–Trinajstić information content (AvgIpc) is 2.85. The number of hydrogen-bond donors (Lipinski definition) is 0. The van der Waals surface area contributed by atoms with Crippen molar-refractivity contribution in [3.63, 3.8) is 0 Å². The molecule has 1 aliphatic carbocycles. The number of halogens is 1. The minimum Gasteiger partial charge on any atom is -0.403 e. The molecule has 28 heavy (non-hydrogen) atoms. The van der Waals surface area contributed by atoms with Crippen molar-refractivity contribution in [3.8, 4) is 12.1 Å². The third-order valence-corrected chi connectivity index (χ3v) is 6.43. The van der Waals surface area contributed by atoms with Gasteiger partial charge in [-0.3, -0.25) is 0 Å². The molecule has 0 N–H and O–H groups in total. The minimum absolute atomic E-state index is 0.103. The second-order valence-corrected chi connectivity index (χ2v) is 9.08. The maximum atomic E-state index is 8.99. The largest absolute Gasteiger partial charge is 0.465 e. The lowest BCUT2D eigenvalue weighted by Crippen LogP contribution is -2.41. The van der Waals surface area contributed by atoms with E-state index in [1.165, 1.54) is 0 Å². The van der Waals surface area contributed by atoms with Crippen molar-refractivity contribution in [2.75, 3.05) is 0 Å². The lowest BCUT2D eigenvalue weighted by atomic mass is 9.63. The zero-order valence-corrected chi connectivity index (χ0v) is 18.9. The molecule has 1 fully saturated rings. The fourth-order valence-corrected chi connectivity index (χ4v) is 3.29. The van der Waals surface area contributed by atoms with Crippen LogP contribution in [-0.2, 0) is 9.31 Å². The summed E-state index contributed by atoms with van der Waals surface area (Å²) < 4.78 is 13.1. The average molecular weight is 441 g/mol. The Bertz CT molecular complexity index is 862. The molecule has 0 bridgehead atoms. The van der Waals surface area contributed by atoms with Gasteiger partial charge in [0.25, 0.3) is 0 Å². The zero-order chi connectivity index (χ0) is 21.1. The molecule has 1 aliphatic heterocycles. The topological polar surface area (TPSA) is 66.0 Å². The Morgan fingerprint density at radius 1 is 1.07 bits per heavy atom. The Kier molecular flexibility index (Phi) is 6.94. The summed E-state index contributed by atoms with van der Waals surface area (Å²) in [6.07, 6.45) is 5.88. The molecule has 3 rings (SSSR count). The molecular formula is C22H26BBrN2O2. The molecule has 2 unspecified atom stereocenters. The number of rotatable bonds is 1. The molecule has 0 radical (unpaired) electrons. The van der Waals surface area contributed by atoms with Crippen LogP contribution in [0.25, 0.3) is 0 Å². The van der Waals surface area contributed by atoms with Gasteiger partial charge in [-0.1, -0.05) is 41.1 Å². The summed E-state index contributed by atoms with van der Waals surface area (Å²) in [4.78, 5) is 0. The van der Waals surface area contributed by atoms with Crippen molar-refractivity contribution in [1.82, 2.24) is 0 Å². The summed E-state index contributed by atoms with van der Waals surface area (Å²) in [5.41, 5.74) is 1.89. The molecule has 1 aromatic carbocycles. The molecule has 0 aromatic heterocycles. The van der Waals surface area contributed by atoms with Gasteiger partial charge in [0.15, 0.2) is 0 Å². The predicted molar refractivity (Wildman–Crippen MR) is 115 cm³/mol. The van der Waals surface area contributed by atoms with Crippen molar-refractivity contribution < 1.29 is 9.31 Å².